The van der Waals surface area contributed by atoms with E-state index < -0.39 is 91.3 Å². The lowest BCUT2D eigenvalue weighted by Gasteiger charge is -2.44. The Hall–Kier alpha value is -1.93. The summed E-state index contributed by atoms with van der Waals surface area (Å²) in [5.41, 5.74) is 0. The molecule has 410 valence electrons. The fourth-order valence-corrected chi connectivity index (χ4v) is 9.51. The number of hydrogen-bond donors (Lipinski definition) is 9. The lowest BCUT2D eigenvalue weighted by atomic mass is 9.85. The summed E-state index contributed by atoms with van der Waals surface area (Å²) in [6.07, 6.45) is 25.5. The normalized spacial score (nSPS) is 21.4. The molecule has 23 heteroatoms. The molecule has 1 rings (SSSR count). The number of carbonyl (C=O) groups is 2. The Kier molecular flexibility index (Phi) is 39.3. The first kappa shape index (κ1) is 68.1. The number of phosphoric acid groups is 3. The molecule has 0 radical (unpaired) electrons. The number of allylic oxidation sites excluding steroid dienone is 8. The topological polar surface area (TPSA) is 338 Å². The van der Waals surface area contributed by atoms with Gasteiger partial charge in [-0.05, 0) is 51.4 Å². The highest BCUT2D eigenvalue weighted by Gasteiger charge is 2.56. The van der Waals surface area contributed by atoms with Crippen LogP contribution in [0.25, 0.3) is 0 Å². The van der Waals surface area contributed by atoms with E-state index >= 15 is 0 Å². The van der Waals surface area contributed by atoms with Crippen LogP contribution in [0.1, 0.15) is 181 Å². The largest absolute Gasteiger partial charge is 0.472 e. The molecule has 0 aromatic carbocycles. The van der Waals surface area contributed by atoms with Gasteiger partial charge in [0.15, 0.2) is 6.10 Å². The van der Waals surface area contributed by atoms with Crippen LogP contribution in [0, 0.1) is 0 Å². The van der Waals surface area contributed by atoms with Crippen molar-refractivity contribution in [2.45, 2.75) is 224 Å². The predicted octanol–water partition coefficient (Wildman–Crippen LogP) is 9.56. The van der Waals surface area contributed by atoms with Crippen molar-refractivity contribution in [2.24, 2.45) is 0 Å². The van der Waals surface area contributed by atoms with Gasteiger partial charge in [0.1, 0.15) is 43.2 Å². The van der Waals surface area contributed by atoms with Gasteiger partial charge in [-0.25, -0.2) is 13.7 Å². The summed E-state index contributed by atoms with van der Waals surface area (Å²) in [6.45, 7) is 2.86. The van der Waals surface area contributed by atoms with E-state index in [2.05, 4.69) is 53.3 Å². The van der Waals surface area contributed by atoms with E-state index in [9.17, 15) is 63.1 Å². The van der Waals surface area contributed by atoms with Crippen molar-refractivity contribution in [1.29, 1.82) is 0 Å². The summed E-state index contributed by atoms with van der Waals surface area (Å²) in [5, 5.41) is 31.9. The highest BCUT2D eigenvalue weighted by molar-refractivity contribution is 7.47. The number of esters is 2. The first-order valence-electron chi connectivity index (χ1n) is 24.9. The lowest BCUT2D eigenvalue weighted by Crippen LogP contribution is -2.65. The van der Waals surface area contributed by atoms with Gasteiger partial charge < -0.3 is 55.4 Å². The monoisotopic (exact) mass is 1060 g/mol. The van der Waals surface area contributed by atoms with Gasteiger partial charge in [-0.3, -0.25) is 27.7 Å². The minimum absolute atomic E-state index is 0. The van der Waals surface area contributed by atoms with Gasteiger partial charge in [-0.15, -0.1) is 0 Å². The molecular formula is C47H88NO19P3. The standard InChI is InChI=1S/C47H85O19P3.H3N/c1-3-5-7-9-11-13-15-17-19-20-22-24-26-28-30-32-34-36-41(49)63-39(37-61-40(48)35-33-31-29-27-25-23-21-18-16-14-12-10-8-6-4-2)38-62-69(59,60)66-47-43(51)45(64-67(53,54)55)42(50)46(44(47)52)65-68(56,57)58;/h11,13,17,19,22,24,28,30,39,42-47,50-52H,3-10,12,14-16,18,20-21,23,25-27,29,31-38H2,1-2H3,(H,59,60)(H2,53,54,55)(H2,56,57,58);1H3. The third-order valence-corrected chi connectivity index (χ3v) is 13.2. The molecule has 0 saturated heterocycles. The van der Waals surface area contributed by atoms with Crippen LogP contribution < -0.4 is 6.15 Å². The second-order valence-corrected chi connectivity index (χ2v) is 21.2. The van der Waals surface area contributed by atoms with Gasteiger partial charge in [-0.2, -0.15) is 0 Å². The number of phosphoric ester groups is 3. The molecule has 11 N–H and O–H groups in total. The Morgan fingerprint density at radius 3 is 1.26 bits per heavy atom. The van der Waals surface area contributed by atoms with Crippen LogP contribution >= 0.6 is 23.5 Å². The van der Waals surface area contributed by atoms with Crippen molar-refractivity contribution in [1.82, 2.24) is 6.15 Å². The molecular weight excluding hydrogens is 975 g/mol. The smallest absolute Gasteiger partial charge is 0.462 e. The minimum Gasteiger partial charge on any atom is -0.462 e. The van der Waals surface area contributed by atoms with Crippen molar-refractivity contribution in [2.75, 3.05) is 13.2 Å². The molecule has 0 aromatic heterocycles. The zero-order valence-electron chi connectivity index (χ0n) is 41.6. The fraction of sp³-hybridized carbons (Fsp3) is 0.787. The summed E-state index contributed by atoms with van der Waals surface area (Å²) in [7, 11) is -16.6. The Bertz CT molecular complexity index is 1600. The van der Waals surface area contributed by atoms with E-state index in [0.29, 0.717) is 25.7 Å². The molecule has 6 unspecified atom stereocenters. The van der Waals surface area contributed by atoms with E-state index in [1.54, 1.807) is 0 Å². The van der Waals surface area contributed by atoms with Gasteiger partial charge in [0, 0.05) is 12.8 Å². The number of carbonyl (C=O) groups excluding carboxylic acids is 2. The second-order valence-electron chi connectivity index (χ2n) is 17.4. The summed E-state index contributed by atoms with van der Waals surface area (Å²) in [4.78, 5) is 73.3. The molecule has 1 saturated carbocycles. The van der Waals surface area contributed by atoms with Crippen molar-refractivity contribution in [3.63, 3.8) is 0 Å². The molecule has 1 aliphatic rings. The molecule has 1 aliphatic carbocycles. The van der Waals surface area contributed by atoms with E-state index in [4.69, 9.17) is 18.5 Å². The average molecular weight is 1060 g/mol. The third-order valence-electron chi connectivity index (χ3n) is 11.1. The molecule has 0 bridgehead atoms. The molecule has 0 heterocycles. The number of hydrogen-bond acceptors (Lipinski definition) is 15. The zero-order valence-corrected chi connectivity index (χ0v) is 44.3. The molecule has 0 spiro atoms. The molecule has 20 nitrogen and oxygen atoms in total. The van der Waals surface area contributed by atoms with Crippen LogP contribution in [0.4, 0.5) is 0 Å². The van der Waals surface area contributed by atoms with E-state index in [0.717, 1.165) is 44.9 Å². The van der Waals surface area contributed by atoms with Crippen LogP contribution in [-0.4, -0.2) is 108 Å². The Morgan fingerprint density at radius 1 is 0.471 bits per heavy atom. The Labute approximate surface area is 416 Å². The number of aliphatic hydroxyl groups is 3. The number of ether oxygens (including phenoxy) is 2. The lowest BCUT2D eigenvalue weighted by molar-refractivity contribution is -0.213. The third kappa shape index (κ3) is 36.1. The molecule has 0 amide bonds. The van der Waals surface area contributed by atoms with Gasteiger partial charge in [0.25, 0.3) is 0 Å². The van der Waals surface area contributed by atoms with Crippen molar-refractivity contribution in [3.8, 4) is 0 Å². The number of rotatable bonds is 42. The van der Waals surface area contributed by atoms with Crippen LogP contribution in [0.2, 0.25) is 0 Å². The van der Waals surface area contributed by atoms with Crippen molar-refractivity contribution < 1.29 is 90.6 Å². The van der Waals surface area contributed by atoms with Crippen LogP contribution in [-0.2, 0) is 50.9 Å². The Morgan fingerprint density at radius 2 is 0.829 bits per heavy atom. The number of aliphatic hydroxyl groups excluding tert-OH is 3. The first-order valence-corrected chi connectivity index (χ1v) is 29.5. The maximum absolute atomic E-state index is 13.2. The first-order chi connectivity index (χ1) is 32.8. The van der Waals surface area contributed by atoms with Crippen LogP contribution in [0.5, 0.6) is 0 Å². The van der Waals surface area contributed by atoms with E-state index in [1.807, 2.05) is 18.2 Å². The number of unbranched alkanes of at least 4 members (excludes halogenated alkanes) is 18. The van der Waals surface area contributed by atoms with Crippen molar-refractivity contribution >= 4 is 35.4 Å². The summed E-state index contributed by atoms with van der Waals surface area (Å²) in [6, 6.07) is 0. The van der Waals surface area contributed by atoms with Gasteiger partial charge in [0.2, 0.25) is 0 Å². The molecule has 0 aliphatic heterocycles. The average Bonchev–Trinajstić information content (AvgIpc) is 3.28. The highest BCUT2D eigenvalue weighted by atomic mass is 31.2. The van der Waals surface area contributed by atoms with Crippen LogP contribution in [0.3, 0.4) is 0 Å². The van der Waals surface area contributed by atoms with Crippen molar-refractivity contribution in [3.05, 3.63) is 48.6 Å². The fourth-order valence-electron chi connectivity index (χ4n) is 7.40. The minimum atomic E-state index is -5.56. The quantitative estimate of drug-likeness (QED) is 0.0119. The summed E-state index contributed by atoms with van der Waals surface area (Å²) in [5.74, 6) is -1.37. The second kappa shape index (κ2) is 40.5. The molecule has 1 fully saturated rings. The molecule has 0 aromatic rings. The zero-order chi connectivity index (χ0) is 51.4. The van der Waals surface area contributed by atoms with E-state index in [-0.39, 0.29) is 19.0 Å². The Balaban J connectivity index is 0.0000476. The molecule has 70 heavy (non-hydrogen) atoms. The summed E-state index contributed by atoms with van der Waals surface area (Å²) < 4.78 is 65.5. The molecule has 6 atom stereocenters. The SMILES string of the molecule is CCCCCC=CCC=CCC=CCC=CCCCC(=O)OC(COC(=O)CCCCCCCCCCCCCCCCC)COP(=O)(O)OC1C(O)C(OP(=O)(O)O)C(O)C(OP(=O)(O)O)C1O.N. The van der Waals surface area contributed by atoms with Gasteiger partial charge >= 0.3 is 35.4 Å². The van der Waals surface area contributed by atoms with Gasteiger partial charge in [-0.1, -0.05) is 165 Å². The highest BCUT2D eigenvalue weighted by Crippen LogP contribution is 2.51. The maximum Gasteiger partial charge on any atom is 0.472 e. The predicted molar refractivity (Wildman–Crippen MR) is 266 cm³/mol. The van der Waals surface area contributed by atoms with E-state index in [1.165, 1.54) is 83.5 Å². The summed E-state index contributed by atoms with van der Waals surface area (Å²) >= 11 is 0. The maximum atomic E-state index is 13.2. The van der Waals surface area contributed by atoms with Crippen LogP contribution in [0.15, 0.2) is 48.6 Å². The van der Waals surface area contributed by atoms with Gasteiger partial charge in [0.05, 0.1) is 6.61 Å².